The summed E-state index contributed by atoms with van der Waals surface area (Å²) in [5, 5.41) is 7.90. The van der Waals surface area contributed by atoms with Gasteiger partial charge in [0.05, 0.1) is 7.11 Å². The second kappa shape index (κ2) is 8.66. The minimum atomic E-state index is -0.264. The third-order valence-corrected chi connectivity index (χ3v) is 5.06. The van der Waals surface area contributed by atoms with E-state index >= 15 is 0 Å². The van der Waals surface area contributed by atoms with Crippen molar-refractivity contribution in [3.05, 3.63) is 90.3 Å². The summed E-state index contributed by atoms with van der Waals surface area (Å²) in [6.07, 6.45) is 3.65. The van der Waals surface area contributed by atoms with E-state index in [1.165, 1.54) is 5.56 Å². The maximum Gasteiger partial charge on any atom is 0.319 e. The van der Waals surface area contributed by atoms with Crippen molar-refractivity contribution in [2.24, 2.45) is 0 Å². The Morgan fingerprint density at radius 3 is 2.43 bits per heavy atom. The topological polar surface area (TPSA) is 63.2 Å². The van der Waals surface area contributed by atoms with E-state index in [1.54, 1.807) is 37.6 Å². The van der Waals surface area contributed by atoms with Gasteiger partial charge in [0.1, 0.15) is 5.75 Å². The number of aryl methyl sites for hydroxylation is 1. The number of nitrogens with one attached hydrogen (secondary N) is 2. The molecule has 5 nitrogen and oxygen atoms in total. The van der Waals surface area contributed by atoms with E-state index in [0.29, 0.717) is 12.2 Å². The molecule has 5 heteroatoms. The molecule has 0 fully saturated rings. The molecule has 4 aromatic rings. The molecule has 0 aliphatic heterocycles. The van der Waals surface area contributed by atoms with Gasteiger partial charge in [0, 0.05) is 30.0 Å². The number of ether oxygens (including phenoxy) is 1. The van der Waals surface area contributed by atoms with Gasteiger partial charge in [-0.25, -0.2) is 4.79 Å². The lowest BCUT2D eigenvalue weighted by Crippen LogP contribution is -2.28. The molecule has 0 saturated carbocycles. The molecule has 0 spiro atoms. The number of hydrogen-bond donors (Lipinski definition) is 2. The van der Waals surface area contributed by atoms with E-state index < -0.39 is 0 Å². The molecule has 30 heavy (non-hydrogen) atoms. The fourth-order valence-corrected chi connectivity index (χ4v) is 3.41. The van der Waals surface area contributed by atoms with Crippen molar-refractivity contribution in [1.82, 2.24) is 10.3 Å². The Morgan fingerprint density at radius 1 is 0.933 bits per heavy atom. The molecule has 0 bridgehead atoms. The summed E-state index contributed by atoms with van der Waals surface area (Å²) in [6, 6.07) is 21.6. The molecule has 0 saturated heterocycles. The van der Waals surface area contributed by atoms with Gasteiger partial charge >= 0.3 is 6.03 Å². The van der Waals surface area contributed by atoms with Gasteiger partial charge < -0.3 is 15.4 Å². The third kappa shape index (κ3) is 4.25. The summed E-state index contributed by atoms with van der Waals surface area (Å²) in [7, 11) is 1.61. The molecule has 150 valence electrons. The molecular formula is C25H23N3O2. The maximum absolute atomic E-state index is 12.3. The van der Waals surface area contributed by atoms with Crippen molar-refractivity contribution in [3.63, 3.8) is 0 Å². The molecule has 0 atom stereocenters. The molecule has 3 aromatic carbocycles. The molecule has 1 aromatic heterocycles. The lowest BCUT2D eigenvalue weighted by molar-refractivity contribution is 0.252. The number of carbonyl (C=O) groups excluding carboxylic acids is 1. The highest BCUT2D eigenvalue weighted by Gasteiger charge is 2.09. The van der Waals surface area contributed by atoms with Gasteiger partial charge in [0.15, 0.2) is 0 Å². The monoisotopic (exact) mass is 397 g/mol. The van der Waals surface area contributed by atoms with E-state index in [9.17, 15) is 4.79 Å². The summed E-state index contributed by atoms with van der Waals surface area (Å²) in [4.78, 5) is 16.6. The summed E-state index contributed by atoms with van der Waals surface area (Å²) < 4.78 is 5.13. The van der Waals surface area contributed by atoms with Gasteiger partial charge in [-0.2, -0.15) is 0 Å². The molecule has 0 radical (unpaired) electrons. The average molecular weight is 397 g/mol. The van der Waals surface area contributed by atoms with E-state index in [2.05, 4.69) is 52.9 Å². The van der Waals surface area contributed by atoms with Gasteiger partial charge in [-0.05, 0) is 59.3 Å². The Kier molecular flexibility index (Phi) is 5.61. The second-order valence-corrected chi connectivity index (χ2v) is 7.10. The number of benzene rings is 3. The lowest BCUT2D eigenvalue weighted by Gasteiger charge is -2.13. The standard InChI is InChI=1S/C25H23N3O2/c1-17-3-5-18(6-4-17)22-12-7-19(24-16-26-14-13-23(22)24)15-27-25(29)28-20-8-10-21(30-2)11-9-20/h3-14,16H,15H2,1-2H3,(H2,27,28,29). The third-order valence-electron chi connectivity index (χ3n) is 5.06. The predicted octanol–water partition coefficient (Wildman–Crippen LogP) is 5.54. The number of pyridine rings is 1. The van der Waals surface area contributed by atoms with Crippen LogP contribution in [0.15, 0.2) is 79.1 Å². The number of anilines is 1. The average Bonchev–Trinajstić information content (AvgIpc) is 2.78. The Hall–Kier alpha value is -3.86. The zero-order valence-electron chi connectivity index (χ0n) is 17.0. The SMILES string of the molecule is COc1ccc(NC(=O)NCc2ccc(-c3ccc(C)cc3)c3ccncc23)cc1. The van der Waals surface area contributed by atoms with E-state index in [0.717, 1.165) is 33.2 Å². The van der Waals surface area contributed by atoms with E-state index in [4.69, 9.17) is 4.74 Å². The summed E-state index contributed by atoms with van der Waals surface area (Å²) >= 11 is 0. The number of fused-ring (bicyclic) bond motifs is 1. The minimum absolute atomic E-state index is 0.264. The van der Waals surface area contributed by atoms with Crippen molar-refractivity contribution in [2.45, 2.75) is 13.5 Å². The number of methoxy groups -OCH3 is 1. The quantitative estimate of drug-likeness (QED) is 0.465. The van der Waals surface area contributed by atoms with Gasteiger partial charge in [-0.15, -0.1) is 0 Å². The van der Waals surface area contributed by atoms with Crippen molar-refractivity contribution < 1.29 is 9.53 Å². The van der Waals surface area contributed by atoms with Crippen LogP contribution in [0, 0.1) is 6.92 Å². The predicted molar refractivity (Wildman–Crippen MR) is 121 cm³/mol. The molecular weight excluding hydrogens is 374 g/mol. The van der Waals surface area contributed by atoms with Crippen LogP contribution in [0.1, 0.15) is 11.1 Å². The number of rotatable bonds is 5. The molecule has 2 N–H and O–H groups in total. The minimum Gasteiger partial charge on any atom is -0.497 e. The van der Waals surface area contributed by atoms with Crippen LogP contribution < -0.4 is 15.4 Å². The van der Waals surface area contributed by atoms with Crippen molar-refractivity contribution in [1.29, 1.82) is 0 Å². The van der Waals surface area contributed by atoms with Crippen molar-refractivity contribution in [2.75, 3.05) is 12.4 Å². The van der Waals surface area contributed by atoms with Crippen LogP contribution in [-0.4, -0.2) is 18.1 Å². The smallest absolute Gasteiger partial charge is 0.319 e. The molecule has 4 rings (SSSR count). The Morgan fingerprint density at radius 2 is 1.70 bits per heavy atom. The van der Waals surface area contributed by atoms with Crippen LogP contribution >= 0.6 is 0 Å². The summed E-state index contributed by atoms with van der Waals surface area (Å²) in [6.45, 7) is 2.48. The van der Waals surface area contributed by atoms with Crippen LogP contribution in [0.2, 0.25) is 0 Å². The zero-order valence-corrected chi connectivity index (χ0v) is 17.0. The number of hydrogen-bond acceptors (Lipinski definition) is 3. The second-order valence-electron chi connectivity index (χ2n) is 7.10. The molecule has 2 amide bonds. The van der Waals surface area contributed by atoms with Crippen LogP contribution in [0.5, 0.6) is 5.75 Å². The fraction of sp³-hybridized carbons (Fsp3) is 0.120. The van der Waals surface area contributed by atoms with Crippen LogP contribution in [0.25, 0.3) is 21.9 Å². The van der Waals surface area contributed by atoms with Gasteiger partial charge in [-0.1, -0.05) is 42.0 Å². The van der Waals surface area contributed by atoms with Gasteiger partial charge in [0.2, 0.25) is 0 Å². The first-order chi connectivity index (χ1) is 14.6. The zero-order chi connectivity index (χ0) is 20.9. The Balaban J connectivity index is 1.52. The number of nitrogens with zero attached hydrogens (tertiary/aromatic N) is 1. The first-order valence-electron chi connectivity index (χ1n) is 9.75. The Bertz CT molecular complexity index is 1170. The summed E-state index contributed by atoms with van der Waals surface area (Å²) in [5.74, 6) is 0.744. The van der Waals surface area contributed by atoms with E-state index in [1.807, 2.05) is 18.3 Å². The first-order valence-corrected chi connectivity index (χ1v) is 9.75. The fourth-order valence-electron chi connectivity index (χ4n) is 3.41. The molecule has 1 heterocycles. The van der Waals surface area contributed by atoms with Crippen molar-refractivity contribution in [3.8, 4) is 16.9 Å². The number of urea groups is 1. The number of carbonyl (C=O) groups is 1. The van der Waals surface area contributed by atoms with Crippen LogP contribution in [0.4, 0.5) is 10.5 Å². The Labute approximate surface area is 175 Å². The highest BCUT2D eigenvalue weighted by Crippen LogP contribution is 2.30. The first kappa shape index (κ1) is 19.5. The maximum atomic E-state index is 12.3. The van der Waals surface area contributed by atoms with Crippen LogP contribution in [0.3, 0.4) is 0 Å². The number of amides is 2. The van der Waals surface area contributed by atoms with Gasteiger partial charge in [-0.3, -0.25) is 4.98 Å². The number of aromatic nitrogens is 1. The highest BCUT2D eigenvalue weighted by molar-refractivity contribution is 5.98. The lowest BCUT2D eigenvalue weighted by atomic mass is 9.96. The van der Waals surface area contributed by atoms with Crippen LogP contribution in [-0.2, 0) is 6.54 Å². The molecule has 0 aliphatic rings. The van der Waals surface area contributed by atoms with Gasteiger partial charge in [0.25, 0.3) is 0 Å². The summed E-state index contributed by atoms with van der Waals surface area (Å²) in [5.41, 5.74) is 5.26. The molecule has 0 aliphatic carbocycles. The van der Waals surface area contributed by atoms with E-state index in [-0.39, 0.29) is 6.03 Å². The van der Waals surface area contributed by atoms with Crippen molar-refractivity contribution >= 4 is 22.5 Å². The highest BCUT2D eigenvalue weighted by atomic mass is 16.5. The molecule has 0 unspecified atom stereocenters. The normalized spacial score (nSPS) is 10.6. The largest absolute Gasteiger partial charge is 0.497 e.